The van der Waals surface area contributed by atoms with Crippen LogP contribution >= 0.6 is 15.4 Å². The van der Waals surface area contributed by atoms with Crippen molar-refractivity contribution in [3.8, 4) is 0 Å². The van der Waals surface area contributed by atoms with Crippen LogP contribution < -0.4 is 5.73 Å². The van der Waals surface area contributed by atoms with Gasteiger partial charge in [-0.3, -0.25) is 13.6 Å². The van der Waals surface area contributed by atoms with Crippen molar-refractivity contribution in [2.45, 2.75) is 57.0 Å². The van der Waals surface area contributed by atoms with Gasteiger partial charge in [0.05, 0.1) is 19.3 Å². The molecule has 156 valence electrons. The van der Waals surface area contributed by atoms with Crippen LogP contribution in [0.1, 0.15) is 32.6 Å². The lowest BCUT2D eigenvalue weighted by Crippen LogP contribution is -2.37. The summed E-state index contributed by atoms with van der Waals surface area (Å²) in [5, 5.41) is 0. The fraction of sp³-hybridized carbons (Fsp3) is 1.00. The summed E-state index contributed by atoms with van der Waals surface area (Å²) in [4.78, 5) is 19.2. The van der Waals surface area contributed by atoms with Gasteiger partial charge in [-0.05, 0) is 26.3 Å². The van der Waals surface area contributed by atoms with Gasteiger partial charge >= 0.3 is 15.4 Å². The lowest BCUT2D eigenvalue weighted by atomic mass is 10.1. The van der Waals surface area contributed by atoms with Crippen molar-refractivity contribution in [1.29, 1.82) is 0 Å². The predicted molar refractivity (Wildman–Crippen MR) is 95.0 cm³/mol. The third kappa shape index (κ3) is 8.89. The van der Waals surface area contributed by atoms with Crippen LogP contribution in [0.4, 0.5) is 0 Å². The Hall–Kier alpha value is 0.140. The van der Waals surface area contributed by atoms with Gasteiger partial charge in [0, 0.05) is 13.8 Å². The molecule has 1 heterocycles. The Labute approximate surface area is 154 Å². The smallest absolute Gasteiger partial charge is 0.376 e. The molecule has 0 radical (unpaired) electrons. The second-order valence-corrected chi connectivity index (χ2v) is 9.52. The Balaban J connectivity index is 2.59. The van der Waals surface area contributed by atoms with E-state index in [0.29, 0.717) is 13.0 Å². The molecule has 1 saturated heterocycles. The molecule has 12 heteroatoms. The van der Waals surface area contributed by atoms with Gasteiger partial charge in [-0.25, -0.2) is 4.57 Å². The quantitative estimate of drug-likeness (QED) is 0.297. The molecule has 0 amide bonds. The number of hydrogen-bond acceptors (Lipinski definition) is 8. The maximum atomic E-state index is 12.2. The fourth-order valence-electron chi connectivity index (χ4n) is 2.67. The molecule has 0 aromatic heterocycles. The highest BCUT2D eigenvalue weighted by molar-refractivity contribution is 7.51. The number of ether oxygens (including phenoxy) is 2. The van der Waals surface area contributed by atoms with Gasteiger partial charge in [0.2, 0.25) is 0 Å². The van der Waals surface area contributed by atoms with Crippen LogP contribution in [0.2, 0.25) is 0 Å². The Kier molecular flexibility index (Phi) is 10.4. The molecule has 10 nitrogen and oxygen atoms in total. The summed E-state index contributed by atoms with van der Waals surface area (Å²) in [6.07, 6.45) is 0.340. The van der Waals surface area contributed by atoms with Crippen molar-refractivity contribution < 1.29 is 42.0 Å². The van der Waals surface area contributed by atoms with Gasteiger partial charge in [0.25, 0.3) is 0 Å². The van der Waals surface area contributed by atoms with Crippen LogP contribution in [0.5, 0.6) is 0 Å². The zero-order chi connectivity index (χ0) is 19.8. The molecular weight excluding hydrogens is 388 g/mol. The molecule has 6 atom stereocenters. The van der Waals surface area contributed by atoms with E-state index in [4.69, 9.17) is 28.8 Å². The number of rotatable bonds is 13. The monoisotopic (exact) mass is 419 g/mol. The molecular formula is C14H31NO9P2. The number of unbranched alkanes of at least 4 members (excludes halogenated alkanes) is 3. The highest BCUT2D eigenvalue weighted by atomic mass is 31.2. The summed E-state index contributed by atoms with van der Waals surface area (Å²) in [7, 11) is -6.65. The molecule has 1 aliphatic heterocycles. The maximum absolute atomic E-state index is 12.2. The van der Waals surface area contributed by atoms with Crippen LogP contribution in [-0.4, -0.2) is 67.7 Å². The van der Waals surface area contributed by atoms with E-state index >= 15 is 0 Å². The Morgan fingerprint density at radius 3 is 2.31 bits per heavy atom. The molecule has 0 aromatic carbocycles. The second-order valence-electron chi connectivity index (χ2n) is 6.25. The van der Waals surface area contributed by atoms with Crippen LogP contribution in [0, 0.1) is 0 Å². The average Bonchev–Trinajstić information content (AvgIpc) is 2.82. The van der Waals surface area contributed by atoms with Gasteiger partial charge in [-0.1, -0.05) is 12.8 Å². The topological polar surface area (TPSA) is 147 Å². The summed E-state index contributed by atoms with van der Waals surface area (Å²) in [5.41, 5.74) is 5.40. The molecule has 1 aliphatic rings. The molecule has 1 fully saturated rings. The molecule has 3 unspecified atom stereocenters. The standard InChI is InChI=1S/C14H31NO9P2/c1-11-13(20-2)14(12(23-11)10-22-25(3,16)17)24-26(18,19)21-9-7-5-4-6-8-15/h11-14H,4-10,15H2,1-3H3,(H,16,17)(H,18,19)/t11-,12+,13+,14?/m0/s1. The average molecular weight is 419 g/mol. The molecule has 0 saturated carbocycles. The molecule has 1 rings (SSSR count). The van der Waals surface area contributed by atoms with Gasteiger partial charge in [0.15, 0.2) is 0 Å². The largest absolute Gasteiger partial charge is 0.472 e. The molecule has 0 bridgehead atoms. The number of methoxy groups -OCH3 is 1. The normalized spacial score (nSPS) is 30.8. The van der Waals surface area contributed by atoms with Crippen molar-refractivity contribution >= 4 is 15.4 Å². The predicted octanol–water partition coefficient (Wildman–Crippen LogP) is 1.64. The summed E-state index contributed by atoms with van der Waals surface area (Å²) in [6, 6.07) is 0. The van der Waals surface area contributed by atoms with Crippen LogP contribution in [0.15, 0.2) is 0 Å². The molecule has 0 spiro atoms. The van der Waals surface area contributed by atoms with E-state index in [-0.39, 0.29) is 13.2 Å². The second kappa shape index (κ2) is 11.2. The zero-order valence-electron chi connectivity index (χ0n) is 15.5. The van der Waals surface area contributed by atoms with Gasteiger partial charge in [-0.15, -0.1) is 0 Å². The van der Waals surface area contributed by atoms with Gasteiger partial charge in [-0.2, -0.15) is 0 Å². The first-order valence-corrected chi connectivity index (χ1v) is 12.1. The van der Waals surface area contributed by atoms with Crippen molar-refractivity contribution in [3.63, 3.8) is 0 Å². The van der Waals surface area contributed by atoms with E-state index < -0.39 is 39.8 Å². The number of nitrogens with two attached hydrogens (primary N) is 1. The molecule has 26 heavy (non-hydrogen) atoms. The molecule has 0 aromatic rings. The third-order valence-corrected chi connectivity index (χ3v) is 5.55. The van der Waals surface area contributed by atoms with E-state index in [0.717, 1.165) is 25.9 Å². The lowest BCUT2D eigenvalue weighted by molar-refractivity contribution is -0.0169. The van der Waals surface area contributed by atoms with E-state index in [1.54, 1.807) is 6.92 Å². The Bertz CT molecular complexity index is 501. The van der Waals surface area contributed by atoms with Crippen molar-refractivity contribution in [3.05, 3.63) is 0 Å². The summed E-state index contributed by atoms with van der Waals surface area (Å²) in [6.45, 7) is 3.15. The first-order chi connectivity index (χ1) is 12.1. The first-order valence-electron chi connectivity index (χ1n) is 8.58. The van der Waals surface area contributed by atoms with Gasteiger partial charge in [0.1, 0.15) is 18.3 Å². The van der Waals surface area contributed by atoms with Crippen LogP contribution in [-0.2, 0) is 32.2 Å². The van der Waals surface area contributed by atoms with E-state index in [9.17, 15) is 18.9 Å². The summed E-state index contributed by atoms with van der Waals surface area (Å²) >= 11 is 0. The number of phosphoric acid groups is 1. The van der Waals surface area contributed by atoms with E-state index in [2.05, 4.69) is 0 Å². The highest BCUT2D eigenvalue weighted by Gasteiger charge is 2.47. The summed E-state index contributed by atoms with van der Waals surface area (Å²) in [5.74, 6) is 0. The highest BCUT2D eigenvalue weighted by Crippen LogP contribution is 2.48. The zero-order valence-corrected chi connectivity index (χ0v) is 17.3. The molecule has 0 aliphatic carbocycles. The van der Waals surface area contributed by atoms with Crippen molar-refractivity contribution in [2.24, 2.45) is 5.73 Å². The SMILES string of the molecule is CO[C@H]1C(OP(=O)(O)OCCCCCCN)[C@@H](COP(C)(=O)O)O[C@H]1C. The number of phosphoric ester groups is 1. The van der Waals surface area contributed by atoms with Crippen LogP contribution in [0.3, 0.4) is 0 Å². The van der Waals surface area contributed by atoms with E-state index in [1.807, 2.05) is 0 Å². The van der Waals surface area contributed by atoms with Crippen molar-refractivity contribution in [2.75, 3.05) is 33.5 Å². The minimum Gasteiger partial charge on any atom is -0.376 e. The minimum atomic E-state index is -4.35. The number of hydrogen-bond donors (Lipinski definition) is 3. The Morgan fingerprint density at radius 2 is 1.73 bits per heavy atom. The Morgan fingerprint density at radius 1 is 1.08 bits per heavy atom. The summed E-state index contributed by atoms with van der Waals surface area (Å²) < 4.78 is 49.5. The third-order valence-electron chi connectivity index (χ3n) is 3.90. The lowest BCUT2D eigenvalue weighted by Gasteiger charge is -2.25. The fourth-order valence-corrected chi connectivity index (χ4v) is 4.08. The van der Waals surface area contributed by atoms with Crippen molar-refractivity contribution in [1.82, 2.24) is 0 Å². The maximum Gasteiger partial charge on any atom is 0.472 e. The first kappa shape index (κ1) is 24.2. The van der Waals surface area contributed by atoms with Crippen LogP contribution in [0.25, 0.3) is 0 Å². The molecule has 4 N–H and O–H groups in total. The minimum absolute atomic E-state index is 0.0705. The van der Waals surface area contributed by atoms with E-state index in [1.165, 1.54) is 7.11 Å². The van der Waals surface area contributed by atoms with Gasteiger partial charge < -0.3 is 29.5 Å².